The zero-order chi connectivity index (χ0) is 14.3. The Morgan fingerprint density at radius 3 is 2.75 bits per heavy atom. The highest BCUT2D eigenvalue weighted by Crippen LogP contribution is 2.42. The van der Waals surface area contributed by atoms with Crippen LogP contribution < -0.4 is 4.74 Å². The van der Waals surface area contributed by atoms with Crippen molar-refractivity contribution >= 4 is 11.0 Å². The SMILES string of the molecule is COC1(Cc2nc3cc(OC(F)F)ccc3n2C)CC1. The zero-order valence-corrected chi connectivity index (χ0v) is 11.4. The summed E-state index contributed by atoms with van der Waals surface area (Å²) in [7, 11) is 3.63. The summed E-state index contributed by atoms with van der Waals surface area (Å²) >= 11 is 0. The largest absolute Gasteiger partial charge is 0.435 e. The topological polar surface area (TPSA) is 36.3 Å². The van der Waals surface area contributed by atoms with Gasteiger partial charge in [0.05, 0.1) is 16.6 Å². The molecule has 0 atom stereocenters. The molecule has 0 aliphatic heterocycles. The van der Waals surface area contributed by atoms with Crippen LogP contribution in [0, 0.1) is 0 Å². The van der Waals surface area contributed by atoms with Gasteiger partial charge in [-0.2, -0.15) is 8.78 Å². The van der Waals surface area contributed by atoms with E-state index in [2.05, 4.69) is 9.72 Å². The van der Waals surface area contributed by atoms with Crippen LogP contribution in [-0.4, -0.2) is 28.9 Å². The van der Waals surface area contributed by atoms with E-state index in [1.807, 2.05) is 11.6 Å². The van der Waals surface area contributed by atoms with Crippen molar-refractivity contribution in [3.05, 3.63) is 24.0 Å². The Morgan fingerprint density at radius 1 is 1.40 bits per heavy atom. The number of imidazole rings is 1. The molecular weight excluding hydrogens is 266 g/mol. The second kappa shape index (κ2) is 4.70. The third kappa shape index (κ3) is 2.35. The normalized spacial score (nSPS) is 16.9. The van der Waals surface area contributed by atoms with Gasteiger partial charge in [-0.3, -0.25) is 0 Å². The van der Waals surface area contributed by atoms with E-state index < -0.39 is 6.61 Å². The number of benzene rings is 1. The second-order valence-electron chi connectivity index (χ2n) is 5.18. The van der Waals surface area contributed by atoms with Crippen molar-refractivity contribution in [2.75, 3.05) is 7.11 Å². The number of fused-ring (bicyclic) bond motifs is 1. The summed E-state index contributed by atoms with van der Waals surface area (Å²) in [5.41, 5.74) is 1.47. The van der Waals surface area contributed by atoms with Crippen molar-refractivity contribution in [3.63, 3.8) is 0 Å². The minimum atomic E-state index is -2.82. The molecule has 0 spiro atoms. The Balaban J connectivity index is 1.92. The maximum absolute atomic E-state index is 12.2. The van der Waals surface area contributed by atoms with Crippen LogP contribution in [0.15, 0.2) is 18.2 Å². The van der Waals surface area contributed by atoms with E-state index in [4.69, 9.17) is 4.74 Å². The molecule has 108 valence electrons. The van der Waals surface area contributed by atoms with Crippen molar-refractivity contribution in [2.45, 2.75) is 31.5 Å². The maximum Gasteiger partial charge on any atom is 0.387 e. The molecule has 1 aliphatic rings. The van der Waals surface area contributed by atoms with Crippen molar-refractivity contribution in [1.29, 1.82) is 0 Å². The van der Waals surface area contributed by atoms with Gasteiger partial charge in [0.25, 0.3) is 0 Å². The molecule has 1 aromatic heterocycles. The van der Waals surface area contributed by atoms with Crippen LogP contribution in [0.1, 0.15) is 18.7 Å². The summed E-state index contributed by atoms with van der Waals surface area (Å²) in [6, 6.07) is 4.82. The average molecular weight is 282 g/mol. The van der Waals surface area contributed by atoms with Crippen LogP contribution in [0.2, 0.25) is 0 Å². The summed E-state index contributed by atoms with van der Waals surface area (Å²) in [5, 5.41) is 0. The van der Waals surface area contributed by atoms with E-state index in [9.17, 15) is 8.78 Å². The monoisotopic (exact) mass is 282 g/mol. The minimum absolute atomic E-state index is 0.0859. The van der Waals surface area contributed by atoms with Crippen LogP contribution in [0.4, 0.5) is 8.78 Å². The van der Waals surface area contributed by atoms with E-state index in [-0.39, 0.29) is 11.4 Å². The van der Waals surface area contributed by atoms with Gasteiger partial charge < -0.3 is 14.0 Å². The van der Waals surface area contributed by atoms with Crippen molar-refractivity contribution in [3.8, 4) is 5.75 Å². The summed E-state index contributed by atoms with van der Waals surface area (Å²) < 4.78 is 36.3. The van der Waals surface area contributed by atoms with Gasteiger partial charge in [-0.25, -0.2) is 4.98 Å². The smallest absolute Gasteiger partial charge is 0.387 e. The molecule has 1 heterocycles. The molecule has 3 rings (SSSR count). The fourth-order valence-corrected chi connectivity index (χ4v) is 2.44. The number of methoxy groups -OCH3 is 1. The lowest BCUT2D eigenvalue weighted by Crippen LogP contribution is -2.17. The number of halogens is 2. The number of ether oxygens (including phenoxy) is 2. The van der Waals surface area contributed by atoms with E-state index in [0.717, 1.165) is 30.6 Å². The molecule has 2 aromatic rings. The van der Waals surface area contributed by atoms with Crippen molar-refractivity contribution in [1.82, 2.24) is 9.55 Å². The molecule has 0 saturated heterocycles. The van der Waals surface area contributed by atoms with Crippen LogP contribution in [-0.2, 0) is 18.2 Å². The number of hydrogen-bond acceptors (Lipinski definition) is 3. The molecule has 0 radical (unpaired) electrons. The standard InChI is InChI=1S/C14H16F2N2O2/c1-18-11-4-3-9(20-13(15)16)7-10(11)17-12(18)8-14(19-2)5-6-14/h3-4,7,13H,5-6,8H2,1-2H3. The first-order valence-electron chi connectivity index (χ1n) is 6.48. The Labute approximate surface area is 115 Å². The van der Waals surface area contributed by atoms with E-state index in [1.54, 1.807) is 13.2 Å². The first kappa shape index (κ1) is 13.3. The lowest BCUT2D eigenvalue weighted by molar-refractivity contribution is -0.0497. The molecule has 0 bridgehead atoms. The van der Waals surface area contributed by atoms with Gasteiger partial charge >= 0.3 is 6.61 Å². The fourth-order valence-electron chi connectivity index (χ4n) is 2.44. The second-order valence-corrected chi connectivity index (χ2v) is 5.18. The molecule has 1 aliphatic carbocycles. The quantitative estimate of drug-likeness (QED) is 0.846. The maximum atomic E-state index is 12.2. The first-order chi connectivity index (χ1) is 9.53. The first-order valence-corrected chi connectivity index (χ1v) is 6.48. The summed E-state index contributed by atoms with van der Waals surface area (Å²) in [5.74, 6) is 1.03. The summed E-state index contributed by atoms with van der Waals surface area (Å²) in [6.07, 6.45) is 2.80. The van der Waals surface area contributed by atoms with Gasteiger partial charge in [-0.1, -0.05) is 0 Å². The highest BCUT2D eigenvalue weighted by atomic mass is 19.3. The lowest BCUT2D eigenvalue weighted by Gasteiger charge is -2.12. The van der Waals surface area contributed by atoms with Gasteiger partial charge in [0.1, 0.15) is 11.6 Å². The minimum Gasteiger partial charge on any atom is -0.435 e. The van der Waals surface area contributed by atoms with Gasteiger partial charge in [0.2, 0.25) is 0 Å². The molecule has 4 nitrogen and oxygen atoms in total. The van der Waals surface area contributed by atoms with Crippen LogP contribution >= 0.6 is 0 Å². The zero-order valence-electron chi connectivity index (χ0n) is 11.4. The molecule has 0 unspecified atom stereocenters. The van der Waals surface area contributed by atoms with Gasteiger partial charge in [-0.15, -0.1) is 0 Å². The van der Waals surface area contributed by atoms with Gasteiger partial charge in [0.15, 0.2) is 0 Å². The predicted molar refractivity (Wildman–Crippen MR) is 70.0 cm³/mol. The molecule has 1 fully saturated rings. The molecule has 1 aromatic carbocycles. The third-order valence-electron chi connectivity index (χ3n) is 3.89. The number of aryl methyl sites for hydroxylation is 1. The van der Waals surface area contributed by atoms with E-state index in [1.165, 1.54) is 12.1 Å². The fraction of sp³-hybridized carbons (Fsp3) is 0.500. The summed E-state index contributed by atoms with van der Waals surface area (Å²) in [6.45, 7) is -2.82. The highest BCUT2D eigenvalue weighted by Gasteiger charge is 2.44. The molecule has 6 heteroatoms. The number of rotatable bonds is 5. The summed E-state index contributed by atoms with van der Waals surface area (Å²) in [4.78, 5) is 4.51. The Morgan fingerprint density at radius 2 is 2.15 bits per heavy atom. The Bertz CT molecular complexity index is 635. The molecule has 0 N–H and O–H groups in total. The number of aromatic nitrogens is 2. The number of hydrogen-bond donors (Lipinski definition) is 0. The van der Waals surface area contributed by atoms with Crippen LogP contribution in [0.25, 0.3) is 11.0 Å². The Kier molecular flexibility index (Phi) is 3.12. The molecule has 20 heavy (non-hydrogen) atoms. The third-order valence-corrected chi connectivity index (χ3v) is 3.89. The highest BCUT2D eigenvalue weighted by molar-refractivity contribution is 5.77. The average Bonchev–Trinajstić information content (AvgIpc) is 3.11. The predicted octanol–water partition coefficient (Wildman–Crippen LogP) is 2.90. The molecule has 0 amide bonds. The Hall–Kier alpha value is -1.69. The van der Waals surface area contributed by atoms with Crippen molar-refractivity contribution in [2.24, 2.45) is 7.05 Å². The molecule has 1 saturated carbocycles. The van der Waals surface area contributed by atoms with E-state index >= 15 is 0 Å². The number of nitrogens with zero attached hydrogens (tertiary/aromatic N) is 2. The molecular formula is C14H16F2N2O2. The van der Waals surface area contributed by atoms with Gasteiger partial charge in [-0.05, 0) is 25.0 Å². The van der Waals surface area contributed by atoms with Crippen LogP contribution in [0.5, 0.6) is 5.75 Å². The van der Waals surface area contributed by atoms with E-state index in [0.29, 0.717) is 5.52 Å². The number of alkyl halides is 2. The lowest BCUT2D eigenvalue weighted by atomic mass is 10.2. The van der Waals surface area contributed by atoms with Crippen LogP contribution in [0.3, 0.4) is 0 Å². The van der Waals surface area contributed by atoms with Crippen molar-refractivity contribution < 1.29 is 18.3 Å². The van der Waals surface area contributed by atoms with Gasteiger partial charge in [0, 0.05) is 26.6 Å².